The Bertz CT molecular complexity index is 445. The van der Waals surface area contributed by atoms with Crippen molar-refractivity contribution in [2.45, 2.75) is 33.1 Å². The number of rotatable bonds is 5. The Hall–Kier alpha value is -1.71. The van der Waals surface area contributed by atoms with Gasteiger partial charge in [-0.3, -0.25) is 0 Å². The smallest absolute Gasteiger partial charge is 0.139 e. The van der Waals surface area contributed by atoms with Crippen LogP contribution in [-0.2, 0) is 0 Å². The molecule has 0 atom stereocenters. The van der Waals surface area contributed by atoms with Crippen LogP contribution in [0.25, 0.3) is 0 Å². The molecule has 4 heteroatoms. The molecule has 0 bridgehead atoms. The normalized spacial score (nSPS) is 17.6. The highest BCUT2D eigenvalue weighted by Gasteiger charge is 2.44. The molecule has 0 aliphatic heterocycles. The van der Waals surface area contributed by atoms with Crippen molar-refractivity contribution < 1.29 is 9.94 Å². The standard InChI is InChI=1S/C14H20N2O2/c1-10-5-11(2)7-12(6-10)18-9-14(3-4-14)8-13(15)16-17/h5-7,17H,3-4,8-9H2,1-2H3,(H2,15,16). The lowest BCUT2D eigenvalue weighted by Crippen LogP contribution is -2.22. The third kappa shape index (κ3) is 3.15. The second kappa shape index (κ2) is 4.88. The molecular formula is C14H20N2O2. The Morgan fingerprint density at radius 2 is 1.94 bits per heavy atom. The summed E-state index contributed by atoms with van der Waals surface area (Å²) >= 11 is 0. The number of nitrogens with zero attached hydrogens (tertiary/aromatic N) is 1. The van der Waals surface area contributed by atoms with E-state index in [2.05, 4.69) is 25.1 Å². The molecule has 1 aromatic carbocycles. The summed E-state index contributed by atoms with van der Waals surface area (Å²) in [5.74, 6) is 1.19. The van der Waals surface area contributed by atoms with Crippen molar-refractivity contribution in [2.24, 2.45) is 16.3 Å². The Morgan fingerprint density at radius 3 is 2.44 bits per heavy atom. The third-order valence-electron chi connectivity index (χ3n) is 3.38. The van der Waals surface area contributed by atoms with Crippen molar-refractivity contribution in [3.8, 4) is 5.75 Å². The van der Waals surface area contributed by atoms with E-state index < -0.39 is 0 Å². The Morgan fingerprint density at radius 1 is 1.33 bits per heavy atom. The monoisotopic (exact) mass is 248 g/mol. The van der Waals surface area contributed by atoms with E-state index in [1.54, 1.807) is 0 Å². The van der Waals surface area contributed by atoms with E-state index in [0.717, 1.165) is 18.6 Å². The van der Waals surface area contributed by atoms with Crippen LogP contribution in [0.3, 0.4) is 0 Å². The number of aryl methyl sites for hydroxylation is 2. The van der Waals surface area contributed by atoms with Crippen LogP contribution in [0.5, 0.6) is 5.75 Å². The second-order valence-corrected chi connectivity index (χ2v) is 5.38. The molecule has 0 spiro atoms. The molecule has 98 valence electrons. The summed E-state index contributed by atoms with van der Waals surface area (Å²) < 4.78 is 5.85. The van der Waals surface area contributed by atoms with Gasteiger partial charge < -0.3 is 15.7 Å². The van der Waals surface area contributed by atoms with E-state index in [1.807, 2.05) is 12.1 Å². The van der Waals surface area contributed by atoms with E-state index in [1.165, 1.54) is 11.1 Å². The van der Waals surface area contributed by atoms with E-state index in [9.17, 15) is 0 Å². The predicted octanol–water partition coefficient (Wildman–Crippen LogP) is 2.60. The summed E-state index contributed by atoms with van der Waals surface area (Å²) in [6.07, 6.45) is 2.76. The Kier molecular flexibility index (Phi) is 3.45. The van der Waals surface area contributed by atoms with Crippen molar-refractivity contribution in [3.05, 3.63) is 29.3 Å². The maximum Gasteiger partial charge on any atom is 0.139 e. The highest BCUT2D eigenvalue weighted by molar-refractivity contribution is 5.80. The molecule has 0 aromatic heterocycles. The van der Waals surface area contributed by atoms with Gasteiger partial charge in [-0.25, -0.2) is 0 Å². The van der Waals surface area contributed by atoms with Gasteiger partial charge in [-0.05, 0) is 49.9 Å². The maximum atomic E-state index is 8.61. The minimum Gasteiger partial charge on any atom is -0.493 e. The molecule has 3 N–H and O–H groups in total. The lowest BCUT2D eigenvalue weighted by molar-refractivity contribution is 0.236. The van der Waals surface area contributed by atoms with Gasteiger partial charge in [0.1, 0.15) is 11.6 Å². The summed E-state index contributed by atoms with van der Waals surface area (Å²) in [6, 6.07) is 6.19. The van der Waals surface area contributed by atoms with Crippen LogP contribution in [0.4, 0.5) is 0 Å². The van der Waals surface area contributed by atoms with Crippen LogP contribution in [0.2, 0.25) is 0 Å². The van der Waals surface area contributed by atoms with Gasteiger partial charge in [0.05, 0.1) is 6.61 Å². The minimum atomic E-state index is 0.0773. The lowest BCUT2D eigenvalue weighted by atomic mass is 10.0. The molecule has 1 saturated carbocycles. The summed E-state index contributed by atoms with van der Waals surface area (Å²) in [5, 5.41) is 11.6. The van der Waals surface area contributed by atoms with Crippen LogP contribution < -0.4 is 10.5 Å². The average molecular weight is 248 g/mol. The molecule has 1 aliphatic rings. The van der Waals surface area contributed by atoms with Crippen molar-refractivity contribution in [3.63, 3.8) is 0 Å². The minimum absolute atomic E-state index is 0.0773. The molecule has 0 radical (unpaired) electrons. The molecule has 0 unspecified atom stereocenters. The fourth-order valence-electron chi connectivity index (χ4n) is 2.22. The molecular weight excluding hydrogens is 228 g/mol. The van der Waals surface area contributed by atoms with Crippen molar-refractivity contribution in [1.29, 1.82) is 0 Å². The molecule has 1 aliphatic carbocycles. The quantitative estimate of drug-likeness (QED) is 0.364. The number of ether oxygens (including phenoxy) is 1. The number of hydrogen-bond acceptors (Lipinski definition) is 3. The summed E-state index contributed by atoms with van der Waals surface area (Å²) in [5.41, 5.74) is 8.04. The molecule has 18 heavy (non-hydrogen) atoms. The van der Waals surface area contributed by atoms with Gasteiger partial charge in [-0.1, -0.05) is 11.2 Å². The van der Waals surface area contributed by atoms with Crippen molar-refractivity contribution >= 4 is 5.84 Å². The molecule has 0 amide bonds. The summed E-state index contributed by atoms with van der Waals surface area (Å²) in [7, 11) is 0. The lowest BCUT2D eigenvalue weighted by Gasteiger charge is -2.16. The average Bonchev–Trinajstić information content (AvgIpc) is 3.05. The van der Waals surface area contributed by atoms with Gasteiger partial charge in [0.25, 0.3) is 0 Å². The fraction of sp³-hybridized carbons (Fsp3) is 0.500. The van der Waals surface area contributed by atoms with Crippen LogP contribution in [-0.4, -0.2) is 17.6 Å². The number of nitrogens with two attached hydrogens (primary N) is 1. The van der Waals surface area contributed by atoms with Crippen molar-refractivity contribution in [2.75, 3.05) is 6.61 Å². The molecule has 1 aromatic rings. The number of benzene rings is 1. The van der Waals surface area contributed by atoms with Gasteiger partial charge in [-0.2, -0.15) is 0 Å². The predicted molar refractivity (Wildman–Crippen MR) is 71.1 cm³/mol. The SMILES string of the molecule is Cc1cc(C)cc(OCC2(CC(N)=NO)CC2)c1. The number of hydrogen-bond donors (Lipinski definition) is 2. The number of amidine groups is 1. The Labute approximate surface area is 107 Å². The van der Waals surface area contributed by atoms with Crippen molar-refractivity contribution in [1.82, 2.24) is 0 Å². The molecule has 2 rings (SSSR count). The largest absolute Gasteiger partial charge is 0.493 e. The van der Waals surface area contributed by atoms with Crippen LogP contribution in [0.1, 0.15) is 30.4 Å². The zero-order valence-electron chi connectivity index (χ0n) is 10.9. The third-order valence-corrected chi connectivity index (χ3v) is 3.38. The molecule has 0 heterocycles. The van der Waals surface area contributed by atoms with Crippen LogP contribution in [0, 0.1) is 19.3 Å². The van der Waals surface area contributed by atoms with E-state index >= 15 is 0 Å². The zero-order chi connectivity index (χ0) is 13.2. The first-order valence-corrected chi connectivity index (χ1v) is 6.20. The maximum absolute atomic E-state index is 8.61. The fourth-order valence-corrected chi connectivity index (χ4v) is 2.22. The van der Waals surface area contributed by atoms with Gasteiger partial charge >= 0.3 is 0 Å². The zero-order valence-corrected chi connectivity index (χ0v) is 10.9. The topological polar surface area (TPSA) is 67.8 Å². The first-order chi connectivity index (χ1) is 8.53. The first kappa shape index (κ1) is 12.7. The van der Waals surface area contributed by atoms with E-state index in [-0.39, 0.29) is 11.3 Å². The first-order valence-electron chi connectivity index (χ1n) is 6.20. The highest BCUT2D eigenvalue weighted by atomic mass is 16.5. The van der Waals surface area contributed by atoms with E-state index in [0.29, 0.717) is 13.0 Å². The molecule has 4 nitrogen and oxygen atoms in total. The summed E-state index contributed by atoms with van der Waals surface area (Å²) in [6.45, 7) is 4.75. The van der Waals surface area contributed by atoms with Crippen LogP contribution in [0.15, 0.2) is 23.4 Å². The summed E-state index contributed by atoms with van der Waals surface area (Å²) in [4.78, 5) is 0. The van der Waals surface area contributed by atoms with Gasteiger partial charge in [0, 0.05) is 11.8 Å². The number of oxime groups is 1. The Balaban J connectivity index is 1.95. The highest BCUT2D eigenvalue weighted by Crippen LogP contribution is 2.49. The van der Waals surface area contributed by atoms with Gasteiger partial charge in [0.15, 0.2) is 0 Å². The second-order valence-electron chi connectivity index (χ2n) is 5.38. The molecule has 1 fully saturated rings. The van der Waals surface area contributed by atoms with Gasteiger partial charge in [-0.15, -0.1) is 0 Å². The van der Waals surface area contributed by atoms with Crippen LogP contribution >= 0.6 is 0 Å². The molecule has 0 saturated heterocycles. The van der Waals surface area contributed by atoms with Gasteiger partial charge in [0.2, 0.25) is 0 Å². The van der Waals surface area contributed by atoms with E-state index in [4.69, 9.17) is 15.7 Å².